The van der Waals surface area contributed by atoms with E-state index in [9.17, 15) is 13.2 Å². The van der Waals surface area contributed by atoms with Crippen LogP contribution >= 0.6 is 0 Å². The van der Waals surface area contributed by atoms with Gasteiger partial charge in [0.1, 0.15) is 6.61 Å². The van der Waals surface area contributed by atoms with Gasteiger partial charge in [-0.3, -0.25) is 0 Å². The lowest BCUT2D eigenvalue weighted by atomic mass is 10.1. The Morgan fingerprint density at radius 3 is 2.46 bits per heavy atom. The number of aliphatic hydroxyl groups is 1. The van der Waals surface area contributed by atoms with Gasteiger partial charge < -0.3 is 9.84 Å². The highest BCUT2D eigenvalue weighted by molar-refractivity contribution is 4.51. The Balaban J connectivity index is 3.18. The van der Waals surface area contributed by atoms with Crippen molar-refractivity contribution in [1.29, 1.82) is 0 Å². The molecule has 1 unspecified atom stereocenters. The van der Waals surface area contributed by atoms with E-state index in [4.69, 9.17) is 5.11 Å². The normalized spacial score (nSPS) is 14.5. The molecule has 2 nitrogen and oxygen atoms in total. The molecule has 0 aromatic carbocycles. The molecule has 0 saturated heterocycles. The van der Waals surface area contributed by atoms with Crippen molar-refractivity contribution in [2.45, 2.75) is 25.9 Å². The summed E-state index contributed by atoms with van der Waals surface area (Å²) in [5.41, 5.74) is 0. The van der Waals surface area contributed by atoms with E-state index in [2.05, 4.69) is 4.74 Å². The van der Waals surface area contributed by atoms with Crippen LogP contribution in [0.25, 0.3) is 0 Å². The number of rotatable bonds is 6. The molecule has 0 aromatic heterocycles. The predicted molar refractivity (Wildman–Crippen MR) is 42.4 cm³/mol. The zero-order valence-corrected chi connectivity index (χ0v) is 7.60. The fourth-order valence-corrected chi connectivity index (χ4v) is 0.813. The maximum atomic E-state index is 11.5. The molecule has 0 radical (unpaired) electrons. The largest absolute Gasteiger partial charge is 0.411 e. The van der Waals surface area contributed by atoms with E-state index in [-0.39, 0.29) is 19.1 Å². The van der Waals surface area contributed by atoms with Crippen LogP contribution in [0.3, 0.4) is 0 Å². The van der Waals surface area contributed by atoms with Crippen molar-refractivity contribution >= 4 is 0 Å². The number of aliphatic hydroxyl groups excluding tert-OH is 1. The molecule has 0 bridgehead atoms. The van der Waals surface area contributed by atoms with Crippen LogP contribution in [-0.2, 0) is 4.74 Å². The predicted octanol–water partition coefficient (Wildman–Crippen LogP) is 1.97. The van der Waals surface area contributed by atoms with Gasteiger partial charge in [0.05, 0.1) is 0 Å². The van der Waals surface area contributed by atoms with E-state index in [0.29, 0.717) is 12.8 Å². The Morgan fingerprint density at radius 1 is 1.38 bits per heavy atom. The topological polar surface area (TPSA) is 29.5 Å². The van der Waals surface area contributed by atoms with Crippen LogP contribution in [0.5, 0.6) is 0 Å². The van der Waals surface area contributed by atoms with Crippen LogP contribution in [0.1, 0.15) is 19.8 Å². The Bertz CT molecular complexity index is 125. The molecule has 1 atom stereocenters. The fraction of sp³-hybridized carbons (Fsp3) is 1.00. The highest BCUT2D eigenvalue weighted by atomic mass is 19.4. The fourth-order valence-electron chi connectivity index (χ4n) is 0.813. The van der Waals surface area contributed by atoms with Crippen LogP contribution in [0, 0.1) is 5.92 Å². The molecule has 0 aliphatic heterocycles. The van der Waals surface area contributed by atoms with E-state index in [0.717, 1.165) is 0 Å². The van der Waals surface area contributed by atoms with Gasteiger partial charge in [-0.1, -0.05) is 6.92 Å². The number of hydrogen-bond donors (Lipinski definition) is 1. The molecule has 0 saturated carbocycles. The number of halogens is 3. The quantitative estimate of drug-likeness (QED) is 0.664. The highest BCUT2D eigenvalue weighted by Crippen LogP contribution is 2.14. The zero-order valence-electron chi connectivity index (χ0n) is 7.60. The number of hydrogen-bond acceptors (Lipinski definition) is 2. The first-order chi connectivity index (χ1) is 5.95. The van der Waals surface area contributed by atoms with Crippen LogP contribution in [0.4, 0.5) is 13.2 Å². The summed E-state index contributed by atoms with van der Waals surface area (Å²) in [7, 11) is 0. The second-order valence-corrected chi connectivity index (χ2v) is 3.10. The zero-order chi connectivity index (χ0) is 10.3. The van der Waals surface area contributed by atoms with E-state index in [1.807, 2.05) is 6.92 Å². The second-order valence-electron chi connectivity index (χ2n) is 3.10. The Kier molecular flexibility index (Phi) is 6.07. The summed E-state index contributed by atoms with van der Waals surface area (Å²) in [6.45, 7) is 0.827. The molecule has 0 rings (SSSR count). The third-order valence-electron chi connectivity index (χ3n) is 1.56. The standard InChI is InChI=1S/C8H15F3O2/c1-7(5-12)3-2-4-13-6-8(9,10)11/h7,12H,2-6H2,1H3. The maximum Gasteiger partial charge on any atom is 0.411 e. The van der Waals surface area contributed by atoms with Crippen LogP contribution in [-0.4, -0.2) is 31.1 Å². The Hall–Kier alpha value is -0.290. The van der Waals surface area contributed by atoms with Crippen LogP contribution in [0.15, 0.2) is 0 Å². The minimum absolute atomic E-state index is 0.0687. The van der Waals surface area contributed by atoms with Crippen molar-refractivity contribution in [3.8, 4) is 0 Å². The van der Waals surface area contributed by atoms with E-state index >= 15 is 0 Å². The first kappa shape index (κ1) is 12.7. The van der Waals surface area contributed by atoms with Gasteiger partial charge in [-0.15, -0.1) is 0 Å². The van der Waals surface area contributed by atoms with Gasteiger partial charge in [-0.25, -0.2) is 0 Å². The molecule has 0 fully saturated rings. The van der Waals surface area contributed by atoms with Crippen molar-refractivity contribution in [2.75, 3.05) is 19.8 Å². The molecule has 0 aromatic rings. The van der Waals surface area contributed by atoms with E-state index < -0.39 is 12.8 Å². The van der Waals surface area contributed by atoms with E-state index in [1.165, 1.54) is 0 Å². The monoisotopic (exact) mass is 200 g/mol. The van der Waals surface area contributed by atoms with Crippen molar-refractivity contribution in [2.24, 2.45) is 5.92 Å². The summed E-state index contributed by atoms with van der Waals surface area (Å²) in [4.78, 5) is 0. The Morgan fingerprint density at radius 2 is 2.00 bits per heavy atom. The highest BCUT2D eigenvalue weighted by Gasteiger charge is 2.27. The summed E-state index contributed by atoms with van der Waals surface area (Å²) < 4.78 is 39.0. The molecular formula is C8H15F3O2. The van der Waals surface area contributed by atoms with Gasteiger partial charge in [0.2, 0.25) is 0 Å². The van der Waals surface area contributed by atoms with Crippen molar-refractivity contribution in [3.05, 3.63) is 0 Å². The van der Waals surface area contributed by atoms with Crippen molar-refractivity contribution in [3.63, 3.8) is 0 Å². The SMILES string of the molecule is CC(CO)CCCOCC(F)(F)F. The molecule has 0 aliphatic carbocycles. The third kappa shape index (κ3) is 9.63. The summed E-state index contributed by atoms with van der Waals surface area (Å²) in [5, 5.41) is 8.60. The van der Waals surface area contributed by atoms with Crippen LogP contribution < -0.4 is 0 Å². The summed E-state index contributed by atoms with van der Waals surface area (Å²) >= 11 is 0. The molecule has 1 N–H and O–H groups in total. The average Bonchev–Trinajstić information content (AvgIpc) is 2.01. The second kappa shape index (κ2) is 6.21. The van der Waals surface area contributed by atoms with Crippen molar-refractivity contribution in [1.82, 2.24) is 0 Å². The van der Waals surface area contributed by atoms with Gasteiger partial charge in [0.15, 0.2) is 0 Å². The van der Waals surface area contributed by atoms with Gasteiger partial charge in [-0.05, 0) is 18.8 Å². The van der Waals surface area contributed by atoms with Gasteiger partial charge in [0.25, 0.3) is 0 Å². The minimum Gasteiger partial charge on any atom is -0.396 e. The van der Waals surface area contributed by atoms with Gasteiger partial charge in [-0.2, -0.15) is 13.2 Å². The lowest BCUT2D eigenvalue weighted by Crippen LogP contribution is -2.17. The minimum atomic E-state index is -4.23. The van der Waals surface area contributed by atoms with Gasteiger partial charge >= 0.3 is 6.18 Å². The maximum absolute atomic E-state index is 11.5. The van der Waals surface area contributed by atoms with Gasteiger partial charge in [0, 0.05) is 13.2 Å². The van der Waals surface area contributed by atoms with E-state index in [1.54, 1.807) is 0 Å². The average molecular weight is 200 g/mol. The molecule has 0 aliphatic rings. The number of alkyl halides is 3. The summed E-state index contributed by atoms with van der Waals surface area (Å²) in [6.07, 6.45) is -2.99. The smallest absolute Gasteiger partial charge is 0.396 e. The molecule has 0 amide bonds. The molecule has 5 heteroatoms. The molecule has 13 heavy (non-hydrogen) atoms. The van der Waals surface area contributed by atoms with Crippen LogP contribution in [0.2, 0.25) is 0 Å². The molecule has 80 valence electrons. The summed E-state index contributed by atoms with van der Waals surface area (Å²) in [6, 6.07) is 0. The lowest BCUT2D eigenvalue weighted by molar-refractivity contribution is -0.174. The Labute approximate surface area is 75.7 Å². The van der Waals surface area contributed by atoms with Crippen molar-refractivity contribution < 1.29 is 23.0 Å². The number of ether oxygens (including phenoxy) is 1. The first-order valence-corrected chi connectivity index (χ1v) is 4.21. The molecule has 0 heterocycles. The lowest BCUT2D eigenvalue weighted by Gasteiger charge is -2.09. The molecular weight excluding hydrogens is 185 g/mol. The molecule has 0 spiro atoms. The first-order valence-electron chi connectivity index (χ1n) is 4.21. The third-order valence-corrected chi connectivity index (χ3v) is 1.56. The summed E-state index contributed by atoms with van der Waals surface area (Å²) in [5.74, 6) is 0.134.